The van der Waals surface area contributed by atoms with Crippen LogP contribution in [-0.4, -0.2) is 19.5 Å². The number of nitrogens with zero attached hydrogens (tertiary/aromatic N) is 4. The SMILES string of the molecule is [2H]c1c([2H])c([2H])c(-c2nc(-c3c([2H])c([2H])c4c(oc5c([2H])c([2H])c([2H])c([2H])c54)c3[2H])nc(-c3c([2H])c([2H])c4c5c([2H])c([2H])c([2H])c([2H])c5n(-c5c([2H])c([2H])c([2H])c([2H])c5[2H])c4c3[2H])n2)c([2H])c1[2H]. The van der Waals surface area contributed by atoms with E-state index in [0.29, 0.717) is 0 Å². The summed E-state index contributed by atoms with van der Waals surface area (Å²) in [6.07, 6.45) is 0. The van der Waals surface area contributed by atoms with Crippen molar-refractivity contribution in [2.45, 2.75) is 0 Å². The molecule has 0 fully saturated rings. The quantitative estimate of drug-likeness (QED) is 0.205. The number of para-hydroxylation sites is 3. The van der Waals surface area contributed by atoms with Crippen molar-refractivity contribution in [2.75, 3.05) is 0 Å². The molecule has 9 rings (SSSR count). The average Bonchev–Trinajstić information content (AvgIpc) is 3.89. The molecule has 0 spiro atoms. The Balaban J connectivity index is 1.49. The van der Waals surface area contributed by atoms with Gasteiger partial charge < -0.3 is 8.98 Å². The summed E-state index contributed by atoms with van der Waals surface area (Å²) in [5.41, 5.74) is -5.08. The lowest BCUT2D eigenvalue weighted by atomic mass is 10.1. The minimum Gasteiger partial charge on any atom is -0.456 e. The van der Waals surface area contributed by atoms with E-state index >= 15 is 0 Å². The van der Waals surface area contributed by atoms with E-state index in [-0.39, 0.29) is 10.8 Å². The van der Waals surface area contributed by atoms with Crippen LogP contribution in [0.4, 0.5) is 0 Å². The van der Waals surface area contributed by atoms with E-state index in [0.717, 1.165) is 4.57 Å². The molecule has 0 amide bonds. The summed E-state index contributed by atoms with van der Waals surface area (Å²) in [6.45, 7) is 0. The summed E-state index contributed by atoms with van der Waals surface area (Å²) >= 11 is 0. The summed E-state index contributed by atoms with van der Waals surface area (Å²) in [6, 6.07) is -19.9. The highest BCUT2D eigenvalue weighted by atomic mass is 16.3. The molecule has 9 aromatic rings. The van der Waals surface area contributed by atoms with E-state index < -0.39 is 218 Å². The first-order chi connectivity index (χ1) is 31.8. The van der Waals surface area contributed by atoms with Crippen molar-refractivity contribution >= 4 is 43.7 Å². The Morgan fingerprint density at radius 2 is 0.977 bits per heavy atom. The van der Waals surface area contributed by atoms with Crippen molar-refractivity contribution < 1.29 is 37.3 Å². The van der Waals surface area contributed by atoms with Crippen LogP contribution in [0.2, 0.25) is 0 Å². The molecule has 5 nitrogen and oxygen atoms in total. The van der Waals surface area contributed by atoms with Gasteiger partial charge in [-0.1, -0.05) is 103 Å². The van der Waals surface area contributed by atoms with Crippen LogP contribution in [0.1, 0.15) is 32.9 Å². The summed E-state index contributed by atoms with van der Waals surface area (Å²) in [7, 11) is 0. The molecule has 0 aliphatic rings. The topological polar surface area (TPSA) is 56.7 Å². The van der Waals surface area contributed by atoms with Gasteiger partial charge in [-0.3, -0.25) is 0 Å². The number of furan rings is 1. The van der Waals surface area contributed by atoms with Crippen LogP contribution in [0, 0.1) is 0 Å². The van der Waals surface area contributed by atoms with Crippen LogP contribution in [0.25, 0.3) is 83.6 Å². The molecule has 0 bridgehead atoms. The van der Waals surface area contributed by atoms with Gasteiger partial charge >= 0.3 is 0 Å². The minimum atomic E-state index is -0.936. The van der Waals surface area contributed by atoms with Crippen molar-refractivity contribution in [3.63, 3.8) is 0 Å². The Morgan fingerprint density at radius 1 is 0.432 bits per heavy atom. The van der Waals surface area contributed by atoms with Gasteiger partial charge in [0.25, 0.3) is 0 Å². The van der Waals surface area contributed by atoms with E-state index in [1.165, 1.54) is 0 Å². The summed E-state index contributed by atoms with van der Waals surface area (Å²) in [4.78, 5) is 13.0. The predicted octanol–water partition coefficient (Wildman–Crippen LogP) is 9.87. The van der Waals surface area contributed by atoms with E-state index in [2.05, 4.69) is 15.0 Å². The smallest absolute Gasteiger partial charge is 0.164 e. The Morgan fingerprint density at radius 3 is 1.75 bits per heavy atom. The van der Waals surface area contributed by atoms with Crippen molar-refractivity contribution in [1.29, 1.82) is 0 Å². The molecule has 0 saturated carbocycles. The molecule has 0 saturated heterocycles. The highest BCUT2D eigenvalue weighted by Crippen LogP contribution is 2.36. The van der Waals surface area contributed by atoms with Gasteiger partial charge in [0.05, 0.1) is 43.9 Å². The maximum Gasteiger partial charge on any atom is 0.164 e. The number of rotatable bonds is 4. The fraction of sp³-hybridized carbons (Fsp3) is 0. The largest absolute Gasteiger partial charge is 0.456 e. The Labute approximate surface area is 286 Å². The lowest BCUT2D eigenvalue weighted by Gasteiger charge is -2.10. The number of benzene rings is 6. The predicted molar refractivity (Wildman–Crippen MR) is 178 cm³/mol. The maximum absolute atomic E-state index is 9.73. The van der Waals surface area contributed by atoms with Gasteiger partial charge in [-0.15, -0.1) is 0 Å². The van der Waals surface area contributed by atoms with Gasteiger partial charge in [-0.05, 0) is 42.3 Å². The second kappa shape index (κ2) is 9.75. The molecular weight excluding hydrogens is 540 g/mol. The van der Waals surface area contributed by atoms with Gasteiger partial charge in [0, 0.05) is 43.9 Å². The Bertz CT molecular complexity index is 3810. The average molecular weight is 589 g/mol. The first-order valence-corrected chi connectivity index (χ1v) is 12.7. The molecule has 0 unspecified atom stereocenters. The molecule has 0 aliphatic heterocycles. The van der Waals surface area contributed by atoms with E-state index in [9.17, 15) is 5.48 Å². The minimum absolute atomic E-state index is 0.328. The first-order valence-electron chi connectivity index (χ1n) is 24.7. The van der Waals surface area contributed by atoms with Gasteiger partial charge in [0.2, 0.25) is 0 Å². The Kier molecular flexibility index (Phi) is 2.34. The van der Waals surface area contributed by atoms with E-state index in [1.807, 2.05) is 0 Å². The van der Waals surface area contributed by atoms with Gasteiger partial charge in [-0.25, -0.2) is 15.0 Å². The lowest BCUT2D eigenvalue weighted by molar-refractivity contribution is 0.669. The van der Waals surface area contributed by atoms with Crippen LogP contribution in [0.5, 0.6) is 0 Å². The maximum atomic E-state index is 9.73. The molecule has 0 atom stereocenters. The number of hydrogen-bond donors (Lipinski definition) is 0. The van der Waals surface area contributed by atoms with Gasteiger partial charge in [0.1, 0.15) is 11.2 Å². The number of fused-ring (bicyclic) bond motifs is 6. The second-order valence-electron chi connectivity index (χ2n) is 9.07. The highest BCUT2D eigenvalue weighted by Gasteiger charge is 2.17. The van der Waals surface area contributed by atoms with Crippen molar-refractivity contribution in [3.05, 3.63) is 145 Å². The third-order valence-corrected chi connectivity index (χ3v) is 6.56. The molecule has 0 radical (unpaired) electrons. The molecule has 0 aliphatic carbocycles. The second-order valence-corrected chi connectivity index (χ2v) is 9.07. The zero-order valence-corrected chi connectivity index (χ0v) is 21.7. The number of aromatic nitrogens is 4. The summed E-state index contributed by atoms with van der Waals surface area (Å²) in [5, 5.41) is -1.69. The molecule has 0 N–H and O–H groups in total. The zero-order chi connectivity index (χ0) is 49.9. The third kappa shape index (κ3) is 3.91. The van der Waals surface area contributed by atoms with Crippen molar-refractivity contribution in [3.8, 4) is 39.9 Å². The standard InChI is InChI=1S/C39H24N4O/c1-3-11-25(12-4-1)37-40-38(42-39(41-37)27-20-22-32-31-16-8-10-18-35(31)44-36(32)24-27)26-19-21-30-29-15-7-9-17-33(29)43(34(30)23-26)28-13-5-2-6-14-28/h1-24H/i1D,2D,3D,4D,5D,6D,7D,8D,9D,10D,11D,12D,13D,14D,15D,16D,17D,18D,19D,20D,21D,22D,23D,24D. The molecule has 3 heterocycles. The molecular formula is C39H24N4O. The fourth-order valence-electron chi connectivity index (χ4n) is 4.68. The number of hydrogen-bond acceptors (Lipinski definition) is 4. The van der Waals surface area contributed by atoms with Crippen molar-refractivity contribution in [1.82, 2.24) is 19.5 Å². The summed E-state index contributed by atoms with van der Waals surface area (Å²) in [5.74, 6) is -2.43. The van der Waals surface area contributed by atoms with Gasteiger partial charge in [0.15, 0.2) is 17.5 Å². The molecule has 5 heteroatoms. The van der Waals surface area contributed by atoms with Crippen LogP contribution >= 0.6 is 0 Å². The Hall–Kier alpha value is -6.07. The first kappa shape index (κ1) is 10.6. The highest BCUT2D eigenvalue weighted by molar-refractivity contribution is 6.10. The van der Waals surface area contributed by atoms with Crippen LogP contribution in [-0.2, 0) is 0 Å². The normalized spacial score (nSPS) is 19.3. The third-order valence-electron chi connectivity index (χ3n) is 6.56. The molecule has 3 aromatic heterocycles. The molecule has 206 valence electrons. The zero-order valence-electron chi connectivity index (χ0n) is 45.7. The van der Waals surface area contributed by atoms with Crippen LogP contribution in [0.15, 0.2) is 149 Å². The fourth-order valence-corrected chi connectivity index (χ4v) is 4.68. The van der Waals surface area contributed by atoms with Crippen LogP contribution in [0.3, 0.4) is 0 Å². The molecule has 44 heavy (non-hydrogen) atoms. The monoisotopic (exact) mass is 588 g/mol. The summed E-state index contributed by atoms with van der Waals surface area (Å²) < 4.78 is 216. The lowest BCUT2D eigenvalue weighted by Crippen LogP contribution is -2.00. The van der Waals surface area contributed by atoms with E-state index in [1.54, 1.807) is 0 Å². The van der Waals surface area contributed by atoms with E-state index in [4.69, 9.17) is 31.8 Å². The van der Waals surface area contributed by atoms with Gasteiger partial charge in [-0.2, -0.15) is 0 Å². The molecule has 6 aromatic carbocycles. The van der Waals surface area contributed by atoms with Crippen molar-refractivity contribution in [2.24, 2.45) is 0 Å². The van der Waals surface area contributed by atoms with Crippen LogP contribution < -0.4 is 0 Å².